The first-order valence-electron chi connectivity index (χ1n) is 6.16. The second kappa shape index (κ2) is 7.64. The van der Waals surface area contributed by atoms with Gasteiger partial charge in [-0.1, -0.05) is 6.92 Å². The highest BCUT2D eigenvalue weighted by Gasteiger charge is 2.64. The zero-order valence-corrected chi connectivity index (χ0v) is 12.5. The molecule has 23 heavy (non-hydrogen) atoms. The van der Waals surface area contributed by atoms with Crippen molar-refractivity contribution in [3.8, 4) is 0 Å². The molecule has 138 valence electrons. The minimum Gasteiger partial charge on any atom is -0.332 e. The molecule has 0 aromatic heterocycles. The van der Waals surface area contributed by atoms with E-state index in [0.717, 1.165) is 4.72 Å². The lowest BCUT2D eigenvalue weighted by Gasteiger charge is -2.26. The lowest BCUT2D eigenvalue weighted by molar-refractivity contribution is -0.314. The number of amides is 1. The van der Waals surface area contributed by atoms with E-state index < -0.39 is 59.3 Å². The molecule has 0 spiro atoms. The van der Waals surface area contributed by atoms with Gasteiger partial charge in [0, 0.05) is 6.42 Å². The number of nitrogens with one attached hydrogen (secondary N) is 1. The summed E-state index contributed by atoms with van der Waals surface area (Å²) in [6.07, 6.45) is -13.2. The highest BCUT2D eigenvalue weighted by molar-refractivity contribution is 7.90. The first-order valence-corrected chi connectivity index (χ1v) is 7.81. The first kappa shape index (κ1) is 21.9. The third-order valence-electron chi connectivity index (χ3n) is 2.28. The van der Waals surface area contributed by atoms with Crippen LogP contribution in [0, 0.1) is 0 Å². The van der Waals surface area contributed by atoms with Crippen molar-refractivity contribution < 1.29 is 48.7 Å². The number of hydrogen-bond acceptors (Lipinski definition) is 4. The topological polar surface area (TPSA) is 72.5 Å². The van der Waals surface area contributed by atoms with Crippen LogP contribution in [0.2, 0.25) is 0 Å². The zero-order valence-electron chi connectivity index (χ0n) is 11.7. The SMILES string of the molecule is CCCOC(F)(C(=O)NS(=O)(=O)CCCC(F)(F)F)C(F)(F)F. The summed E-state index contributed by atoms with van der Waals surface area (Å²) in [5, 5.41) is 0. The smallest absolute Gasteiger partial charge is 0.332 e. The van der Waals surface area contributed by atoms with Crippen molar-refractivity contribution in [1.82, 2.24) is 4.72 Å². The quantitative estimate of drug-likeness (QED) is 0.660. The molecule has 0 bridgehead atoms. The molecule has 0 aliphatic carbocycles. The Morgan fingerprint density at radius 3 is 2.00 bits per heavy atom. The average molecular weight is 377 g/mol. The molecule has 0 saturated carbocycles. The standard InChI is InChI=1S/C10H14F7NO4S/c1-2-5-22-9(14,10(15,16)17)7(19)18-23(20,21)6-3-4-8(11,12)13/h2-6H2,1H3,(H,18,19). The Morgan fingerprint density at radius 1 is 1.09 bits per heavy atom. The molecular formula is C10H14F7NO4S. The van der Waals surface area contributed by atoms with Gasteiger partial charge in [-0.3, -0.25) is 4.79 Å². The summed E-state index contributed by atoms with van der Waals surface area (Å²) in [7, 11) is -4.89. The molecule has 0 aromatic rings. The number of halogens is 7. The summed E-state index contributed by atoms with van der Waals surface area (Å²) >= 11 is 0. The molecular weight excluding hydrogens is 363 g/mol. The lowest BCUT2D eigenvalue weighted by Crippen LogP contribution is -2.57. The van der Waals surface area contributed by atoms with E-state index in [1.54, 1.807) is 0 Å². The lowest BCUT2D eigenvalue weighted by atomic mass is 10.3. The maximum absolute atomic E-state index is 13.7. The molecule has 1 unspecified atom stereocenters. The van der Waals surface area contributed by atoms with Gasteiger partial charge in [0.1, 0.15) is 0 Å². The Bertz CT molecular complexity index is 502. The van der Waals surface area contributed by atoms with Gasteiger partial charge in [0.25, 0.3) is 0 Å². The summed E-state index contributed by atoms with van der Waals surface area (Å²) in [6, 6.07) is 0. The number of carbonyl (C=O) groups excluding carboxylic acids is 1. The van der Waals surface area contributed by atoms with Gasteiger partial charge in [-0.25, -0.2) is 13.1 Å². The van der Waals surface area contributed by atoms with Gasteiger partial charge in [-0.2, -0.15) is 30.7 Å². The van der Waals surface area contributed by atoms with E-state index in [0.29, 0.717) is 0 Å². The molecule has 0 heterocycles. The number of sulfonamides is 1. The monoisotopic (exact) mass is 377 g/mol. The molecule has 1 N–H and O–H groups in total. The minimum atomic E-state index is -5.87. The van der Waals surface area contributed by atoms with Crippen LogP contribution in [0.4, 0.5) is 30.7 Å². The van der Waals surface area contributed by atoms with Crippen molar-refractivity contribution in [2.75, 3.05) is 12.4 Å². The summed E-state index contributed by atoms with van der Waals surface area (Å²) in [6.45, 7) is 0.472. The Kier molecular flexibility index (Phi) is 7.27. The summed E-state index contributed by atoms with van der Waals surface area (Å²) in [5.41, 5.74) is 0. The Morgan fingerprint density at radius 2 is 1.61 bits per heavy atom. The van der Waals surface area contributed by atoms with Crippen LogP contribution in [-0.2, 0) is 19.6 Å². The van der Waals surface area contributed by atoms with E-state index in [2.05, 4.69) is 4.74 Å². The highest BCUT2D eigenvalue weighted by atomic mass is 32.2. The molecule has 0 radical (unpaired) electrons. The Labute approximate surface area is 127 Å². The van der Waals surface area contributed by atoms with Crippen molar-refractivity contribution in [3.63, 3.8) is 0 Å². The molecule has 0 rings (SSSR count). The van der Waals surface area contributed by atoms with Crippen molar-refractivity contribution in [2.45, 2.75) is 44.4 Å². The van der Waals surface area contributed by atoms with Crippen LogP contribution in [0.5, 0.6) is 0 Å². The molecule has 0 aliphatic rings. The van der Waals surface area contributed by atoms with Crippen LogP contribution >= 0.6 is 0 Å². The van der Waals surface area contributed by atoms with E-state index in [1.165, 1.54) is 6.92 Å². The summed E-state index contributed by atoms with van der Waals surface area (Å²) in [5.74, 6) is -8.88. The Balaban J connectivity index is 4.98. The minimum absolute atomic E-state index is 0.104. The molecule has 0 saturated heterocycles. The van der Waals surface area contributed by atoms with Crippen LogP contribution < -0.4 is 4.72 Å². The van der Waals surface area contributed by atoms with Gasteiger partial charge < -0.3 is 4.74 Å². The first-order chi connectivity index (χ1) is 10.1. The third kappa shape index (κ3) is 7.33. The second-order valence-electron chi connectivity index (χ2n) is 4.41. The van der Waals surface area contributed by atoms with E-state index in [-0.39, 0.29) is 6.42 Å². The molecule has 0 aromatic carbocycles. The normalized spacial score (nSPS) is 16.0. The van der Waals surface area contributed by atoms with Gasteiger partial charge in [-0.15, -0.1) is 0 Å². The number of alkyl halides is 7. The number of ether oxygens (including phenoxy) is 1. The molecule has 5 nitrogen and oxygen atoms in total. The number of carbonyl (C=O) groups is 1. The maximum atomic E-state index is 13.7. The van der Waals surface area contributed by atoms with Gasteiger partial charge in [-0.05, 0) is 12.8 Å². The molecule has 0 fully saturated rings. The average Bonchev–Trinajstić information content (AvgIpc) is 2.31. The largest absolute Gasteiger partial charge is 0.458 e. The molecule has 1 atom stereocenters. The summed E-state index contributed by atoms with van der Waals surface area (Å²) < 4.78 is 114. The fourth-order valence-corrected chi connectivity index (χ4v) is 2.28. The van der Waals surface area contributed by atoms with Crippen LogP contribution in [0.3, 0.4) is 0 Å². The summed E-state index contributed by atoms with van der Waals surface area (Å²) in [4.78, 5) is 11.3. The van der Waals surface area contributed by atoms with Gasteiger partial charge in [0.05, 0.1) is 12.4 Å². The van der Waals surface area contributed by atoms with Gasteiger partial charge >= 0.3 is 24.1 Å². The van der Waals surface area contributed by atoms with Crippen LogP contribution in [0.15, 0.2) is 0 Å². The fourth-order valence-electron chi connectivity index (χ4n) is 1.24. The van der Waals surface area contributed by atoms with Crippen molar-refractivity contribution in [2.24, 2.45) is 0 Å². The van der Waals surface area contributed by atoms with E-state index >= 15 is 0 Å². The molecule has 13 heteroatoms. The predicted octanol–water partition coefficient (Wildman–Crippen LogP) is 2.43. The zero-order chi connectivity index (χ0) is 18.5. The van der Waals surface area contributed by atoms with Crippen LogP contribution in [-0.4, -0.2) is 44.9 Å². The fraction of sp³-hybridized carbons (Fsp3) is 0.900. The van der Waals surface area contributed by atoms with Crippen molar-refractivity contribution in [3.05, 3.63) is 0 Å². The Hall–Kier alpha value is -1.11. The number of hydrogen-bond donors (Lipinski definition) is 1. The van der Waals surface area contributed by atoms with Crippen LogP contribution in [0.1, 0.15) is 26.2 Å². The maximum Gasteiger partial charge on any atom is 0.458 e. The number of rotatable bonds is 8. The third-order valence-corrected chi connectivity index (χ3v) is 3.61. The predicted molar refractivity (Wildman–Crippen MR) is 63.4 cm³/mol. The molecule has 1 amide bonds. The van der Waals surface area contributed by atoms with E-state index in [4.69, 9.17) is 0 Å². The van der Waals surface area contributed by atoms with Crippen molar-refractivity contribution in [1.29, 1.82) is 0 Å². The van der Waals surface area contributed by atoms with Gasteiger partial charge in [0.2, 0.25) is 10.0 Å². The van der Waals surface area contributed by atoms with Crippen LogP contribution in [0.25, 0.3) is 0 Å². The highest BCUT2D eigenvalue weighted by Crippen LogP contribution is 2.35. The van der Waals surface area contributed by atoms with Crippen molar-refractivity contribution >= 4 is 15.9 Å². The second-order valence-corrected chi connectivity index (χ2v) is 6.25. The van der Waals surface area contributed by atoms with E-state index in [9.17, 15) is 43.9 Å². The van der Waals surface area contributed by atoms with Gasteiger partial charge in [0.15, 0.2) is 0 Å². The molecule has 0 aliphatic heterocycles. The van der Waals surface area contributed by atoms with E-state index in [1.807, 2.05) is 0 Å².